The molecule has 1 aromatic rings. The van der Waals surface area contributed by atoms with Crippen molar-refractivity contribution in [2.45, 2.75) is 52.0 Å². The second kappa shape index (κ2) is 6.57. The Labute approximate surface area is 142 Å². The molecule has 1 aromatic carbocycles. The molecule has 128 valence electrons. The van der Waals surface area contributed by atoms with Gasteiger partial charge in [0.05, 0.1) is 0 Å². The highest BCUT2D eigenvalue weighted by atomic mass is 15.3. The van der Waals surface area contributed by atoms with Gasteiger partial charge in [-0.2, -0.15) is 0 Å². The molecule has 0 amide bonds. The van der Waals surface area contributed by atoms with Crippen molar-refractivity contribution < 1.29 is 0 Å². The summed E-state index contributed by atoms with van der Waals surface area (Å²) >= 11 is 0. The Morgan fingerprint density at radius 2 is 1.48 bits per heavy atom. The maximum atomic E-state index is 2.81. The normalized spacial score (nSPS) is 31.2. The van der Waals surface area contributed by atoms with E-state index in [4.69, 9.17) is 0 Å². The third-order valence-electron chi connectivity index (χ3n) is 6.46. The average Bonchev–Trinajstić information content (AvgIpc) is 2.55. The van der Waals surface area contributed by atoms with Crippen molar-refractivity contribution >= 4 is 0 Å². The Kier molecular flexibility index (Phi) is 4.85. The van der Waals surface area contributed by atoms with E-state index in [1.807, 2.05) is 0 Å². The molecule has 0 N–H and O–H groups in total. The highest BCUT2D eigenvalue weighted by Crippen LogP contribution is 2.48. The molecule has 3 rings (SSSR count). The Morgan fingerprint density at radius 1 is 0.913 bits per heavy atom. The maximum absolute atomic E-state index is 2.81. The molecule has 1 heterocycles. The Morgan fingerprint density at radius 3 is 2.00 bits per heavy atom. The lowest BCUT2D eigenvalue weighted by Gasteiger charge is -2.52. The zero-order chi connectivity index (χ0) is 16.5. The smallest absolute Gasteiger partial charge is 0.0461 e. The molecule has 1 aliphatic heterocycles. The number of hydrogen-bond donors (Lipinski definition) is 0. The average molecular weight is 315 g/mol. The molecule has 2 nitrogen and oxygen atoms in total. The Bertz CT molecular complexity index is 486. The molecule has 1 aliphatic carbocycles. The predicted molar refractivity (Wildman–Crippen MR) is 98.6 cm³/mol. The van der Waals surface area contributed by atoms with Crippen LogP contribution in [-0.2, 0) is 5.54 Å². The Hall–Kier alpha value is -0.860. The van der Waals surface area contributed by atoms with Gasteiger partial charge in [-0.3, -0.25) is 4.90 Å². The standard InChI is InChI=1S/C21H34N2/c1-20(2,3)18-10-12-21(13-11-18,19-8-6-5-7-9-19)23-16-14-22(4)15-17-23/h5-9,18H,10-17H2,1-4H3. The summed E-state index contributed by atoms with van der Waals surface area (Å²) in [7, 11) is 2.25. The summed E-state index contributed by atoms with van der Waals surface area (Å²) in [5, 5.41) is 0. The van der Waals surface area contributed by atoms with E-state index >= 15 is 0 Å². The minimum Gasteiger partial charge on any atom is -0.304 e. The lowest BCUT2D eigenvalue weighted by Crippen LogP contribution is -2.56. The van der Waals surface area contributed by atoms with E-state index in [0.717, 1.165) is 5.92 Å². The van der Waals surface area contributed by atoms with Crippen LogP contribution in [-0.4, -0.2) is 43.0 Å². The zero-order valence-corrected chi connectivity index (χ0v) is 15.5. The van der Waals surface area contributed by atoms with Crippen molar-refractivity contribution in [3.8, 4) is 0 Å². The molecule has 2 heteroatoms. The molecule has 0 bridgehead atoms. The van der Waals surface area contributed by atoms with Gasteiger partial charge in [-0.15, -0.1) is 0 Å². The van der Waals surface area contributed by atoms with Gasteiger partial charge in [0.2, 0.25) is 0 Å². The summed E-state index contributed by atoms with van der Waals surface area (Å²) in [4.78, 5) is 5.27. The van der Waals surface area contributed by atoms with Crippen LogP contribution in [0.5, 0.6) is 0 Å². The number of likely N-dealkylation sites (N-methyl/N-ethyl adjacent to an activating group) is 1. The SMILES string of the molecule is CN1CCN(C2(c3ccccc3)CCC(C(C)(C)C)CC2)CC1. The van der Waals surface area contributed by atoms with E-state index < -0.39 is 0 Å². The third kappa shape index (κ3) is 3.49. The molecule has 2 fully saturated rings. The first-order valence-electron chi connectivity index (χ1n) is 9.41. The number of nitrogens with zero attached hydrogens (tertiary/aromatic N) is 2. The molecule has 0 spiro atoms. The van der Waals surface area contributed by atoms with Crippen molar-refractivity contribution in [2.24, 2.45) is 11.3 Å². The van der Waals surface area contributed by atoms with Crippen molar-refractivity contribution in [1.82, 2.24) is 9.80 Å². The van der Waals surface area contributed by atoms with Crippen LogP contribution in [0.1, 0.15) is 52.0 Å². The van der Waals surface area contributed by atoms with Crippen LogP contribution in [0.15, 0.2) is 30.3 Å². The monoisotopic (exact) mass is 314 g/mol. The molecule has 1 saturated heterocycles. The van der Waals surface area contributed by atoms with Crippen LogP contribution in [0.3, 0.4) is 0 Å². The second-order valence-corrected chi connectivity index (χ2v) is 8.83. The minimum absolute atomic E-state index is 0.282. The first-order valence-corrected chi connectivity index (χ1v) is 9.41. The van der Waals surface area contributed by atoms with Crippen LogP contribution in [0, 0.1) is 11.3 Å². The van der Waals surface area contributed by atoms with Crippen LogP contribution in [0.4, 0.5) is 0 Å². The van der Waals surface area contributed by atoms with Gasteiger partial charge < -0.3 is 4.90 Å². The molecular formula is C21H34N2. The fraction of sp³-hybridized carbons (Fsp3) is 0.714. The quantitative estimate of drug-likeness (QED) is 0.800. The highest BCUT2D eigenvalue weighted by Gasteiger charge is 2.44. The van der Waals surface area contributed by atoms with E-state index in [-0.39, 0.29) is 5.54 Å². The molecular weight excluding hydrogens is 280 g/mol. The van der Waals surface area contributed by atoms with E-state index in [0.29, 0.717) is 5.41 Å². The number of benzene rings is 1. The lowest BCUT2D eigenvalue weighted by molar-refractivity contribution is -0.0136. The van der Waals surface area contributed by atoms with Gasteiger partial charge in [0.15, 0.2) is 0 Å². The molecule has 2 aliphatic rings. The van der Waals surface area contributed by atoms with Gasteiger partial charge in [-0.1, -0.05) is 51.1 Å². The van der Waals surface area contributed by atoms with Crippen LogP contribution in [0.25, 0.3) is 0 Å². The molecule has 23 heavy (non-hydrogen) atoms. The van der Waals surface area contributed by atoms with Gasteiger partial charge in [0.25, 0.3) is 0 Å². The number of piperazine rings is 1. The lowest BCUT2D eigenvalue weighted by atomic mass is 9.65. The van der Waals surface area contributed by atoms with E-state index in [1.165, 1.54) is 51.9 Å². The largest absolute Gasteiger partial charge is 0.304 e. The van der Waals surface area contributed by atoms with Crippen molar-refractivity contribution in [2.75, 3.05) is 33.2 Å². The predicted octanol–water partition coefficient (Wildman–Crippen LogP) is 4.37. The molecule has 1 saturated carbocycles. The fourth-order valence-corrected chi connectivity index (χ4v) is 4.73. The van der Waals surface area contributed by atoms with Crippen molar-refractivity contribution in [1.29, 1.82) is 0 Å². The summed E-state index contributed by atoms with van der Waals surface area (Å²) in [5.74, 6) is 0.867. The van der Waals surface area contributed by atoms with Gasteiger partial charge in [0, 0.05) is 31.7 Å². The number of hydrogen-bond acceptors (Lipinski definition) is 2. The van der Waals surface area contributed by atoms with Crippen LogP contribution in [0.2, 0.25) is 0 Å². The first kappa shape index (κ1) is 17.0. The number of rotatable bonds is 2. The minimum atomic E-state index is 0.282. The third-order valence-corrected chi connectivity index (χ3v) is 6.46. The van der Waals surface area contributed by atoms with Gasteiger partial charge in [-0.05, 0) is 49.6 Å². The molecule has 0 atom stereocenters. The van der Waals surface area contributed by atoms with E-state index in [1.54, 1.807) is 5.56 Å². The summed E-state index contributed by atoms with van der Waals surface area (Å²) < 4.78 is 0. The van der Waals surface area contributed by atoms with E-state index in [2.05, 4.69) is 68.0 Å². The fourth-order valence-electron chi connectivity index (χ4n) is 4.73. The molecule has 0 unspecified atom stereocenters. The van der Waals surface area contributed by atoms with E-state index in [9.17, 15) is 0 Å². The van der Waals surface area contributed by atoms with Crippen LogP contribution < -0.4 is 0 Å². The first-order chi connectivity index (χ1) is 10.9. The molecule has 0 aromatic heterocycles. The maximum Gasteiger partial charge on any atom is 0.0461 e. The summed E-state index contributed by atoms with van der Waals surface area (Å²) in [5.41, 5.74) is 2.28. The molecule has 0 radical (unpaired) electrons. The zero-order valence-electron chi connectivity index (χ0n) is 15.5. The van der Waals surface area contributed by atoms with Gasteiger partial charge >= 0.3 is 0 Å². The van der Waals surface area contributed by atoms with Crippen LogP contribution >= 0.6 is 0 Å². The highest BCUT2D eigenvalue weighted by molar-refractivity contribution is 5.26. The van der Waals surface area contributed by atoms with Gasteiger partial charge in [-0.25, -0.2) is 0 Å². The topological polar surface area (TPSA) is 6.48 Å². The Balaban J connectivity index is 1.84. The van der Waals surface area contributed by atoms with Gasteiger partial charge in [0.1, 0.15) is 0 Å². The van der Waals surface area contributed by atoms with Crippen molar-refractivity contribution in [3.05, 3.63) is 35.9 Å². The summed E-state index contributed by atoms with van der Waals surface area (Å²) in [6.45, 7) is 12.1. The second-order valence-electron chi connectivity index (χ2n) is 8.83. The summed E-state index contributed by atoms with van der Waals surface area (Å²) in [6.07, 6.45) is 5.38. The summed E-state index contributed by atoms with van der Waals surface area (Å²) in [6, 6.07) is 11.3. The van der Waals surface area contributed by atoms with Crippen molar-refractivity contribution in [3.63, 3.8) is 0 Å².